The molecule has 1 unspecified atom stereocenters. The van der Waals surface area contributed by atoms with Gasteiger partial charge in [-0.05, 0) is 40.2 Å². The summed E-state index contributed by atoms with van der Waals surface area (Å²) >= 11 is 3.25. The number of ether oxygens (including phenoxy) is 1. The van der Waals surface area contributed by atoms with E-state index in [0.29, 0.717) is 15.9 Å². The molecular weight excluding hydrogens is 356 g/mol. The SMILES string of the molecule is Nc1cc(S(=O)(=O)NC2COc3ccccc32)ccc1Br. The van der Waals surface area contributed by atoms with Gasteiger partial charge in [0.05, 0.1) is 10.9 Å². The van der Waals surface area contributed by atoms with Gasteiger partial charge in [-0.15, -0.1) is 0 Å². The van der Waals surface area contributed by atoms with Crippen molar-refractivity contribution in [3.05, 3.63) is 52.5 Å². The molecule has 1 aliphatic rings. The van der Waals surface area contributed by atoms with E-state index in [2.05, 4.69) is 20.7 Å². The van der Waals surface area contributed by atoms with Gasteiger partial charge in [-0.2, -0.15) is 0 Å². The summed E-state index contributed by atoms with van der Waals surface area (Å²) in [7, 11) is -3.66. The minimum Gasteiger partial charge on any atom is -0.491 e. The fourth-order valence-electron chi connectivity index (χ4n) is 2.20. The zero-order chi connectivity index (χ0) is 15.0. The lowest BCUT2D eigenvalue weighted by molar-refractivity contribution is 0.325. The summed E-state index contributed by atoms with van der Waals surface area (Å²) in [6.07, 6.45) is 0. The maximum Gasteiger partial charge on any atom is 0.241 e. The predicted octanol–water partition coefficient (Wildman–Crippen LogP) is 2.44. The first-order chi connectivity index (χ1) is 9.97. The van der Waals surface area contributed by atoms with E-state index in [1.807, 2.05) is 24.3 Å². The van der Waals surface area contributed by atoms with Crippen LogP contribution in [0.4, 0.5) is 5.69 Å². The quantitative estimate of drug-likeness (QED) is 0.815. The summed E-state index contributed by atoms with van der Waals surface area (Å²) in [4.78, 5) is 0.132. The Morgan fingerprint density at radius 3 is 2.76 bits per heavy atom. The maximum atomic E-state index is 12.4. The van der Waals surface area contributed by atoms with Gasteiger partial charge < -0.3 is 10.5 Å². The van der Waals surface area contributed by atoms with Crippen molar-refractivity contribution >= 4 is 31.6 Å². The summed E-state index contributed by atoms with van der Waals surface area (Å²) in [6.45, 7) is 0.282. The van der Waals surface area contributed by atoms with Crippen molar-refractivity contribution in [3.63, 3.8) is 0 Å². The second-order valence-electron chi connectivity index (χ2n) is 4.71. The highest BCUT2D eigenvalue weighted by Gasteiger charge is 2.28. The molecular formula is C14H13BrN2O3S. The molecule has 3 rings (SSSR count). The highest BCUT2D eigenvalue weighted by Crippen LogP contribution is 2.33. The molecule has 110 valence electrons. The van der Waals surface area contributed by atoms with Crippen LogP contribution in [-0.2, 0) is 10.0 Å². The number of nitrogen functional groups attached to an aromatic ring is 1. The number of anilines is 1. The van der Waals surface area contributed by atoms with E-state index in [9.17, 15) is 8.42 Å². The molecule has 0 radical (unpaired) electrons. The van der Waals surface area contributed by atoms with Crippen molar-refractivity contribution in [3.8, 4) is 5.75 Å². The molecule has 2 aromatic rings. The Morgan fingerprint density at radius 1 is 1.24 bits per heavy atom. The molecule has 3 N–H and O–H groups in total. The van der Waals surface area contributed by atoms with Gasteiger partial charge in [-0.3, -0.25) is 0 Å². The van der Waals surface area contributed by atoms with E-state index in [4.69, 9.17) is 10.5 Å². The van der Waals surface area contributed by atoms with Gasteiger partial charge in [0.25, 0.3) is 0 Å². The van der Waals surface area contributed by atoms with Crippen LogP contribution in [0, 0.1) is 0 Å². The molecule has 1 heterocycles. The first-order valence-electron chi connectivity index (χ1n) is 6.26. The standard InChI is InChI=1S/C14H13BrN2O3S/c15-11-6-5-9(7-12(11)16)21(18,19)17-13-8-20-14-4-2-1-3-10(13)14/h1-7,13,17H,8,16H2. The fourth-order valence-corrected chi connectivity index (χ4v) is 3.69. The third kappa shape index (κ3) is 2.76. The van der Waals surface area contributed by atoms with Gasteiger partial charge in [0.15, 0.2) is 0 Å². The van der Waals surface area contributed by atoms with Crippen LogP contribution in [0.2, 0.25) is 0 Å². The number of halogens is 1. The van der Waals surface area contributed by atoms with Crippen LogP contribution in [0.1, 0.15) is 11.6 Å². The van der Waals surface area contributed by atoms with E-state index >= 15 is 0 Å². The number of sulfonamides is 1. The maximum absolute atomic E-state index is 12.4. The Hall–Kier alpha value is -1.57. The van der Waals surface area contributed by atoms with Crippen LogP contribution in [-0.4, -0.2) is 15.0 Å². The summed E-state index contributed by atoms with van der Waals surface area (Å²) in [5, 5.41) is 0. The lowest BCUT2D eigenvalue weighted by atomic mass is 10.1. The second-order valence-corrected chi connectivity index (χ2v) is 7.27. The summed E-state index contributed by atoms with van der Waals surface area (Å²) < 4.78 is 33.6. The topological polar surface area (TPSA) is 81.4 Å². The van der Waals surface area contributed by atoms with Crippen LogP contribution in [0.25, 0.3) is 0 Å². The molecule has 0 aliphatic carbocycles. The van der Waals surface area contributed by atoms with Crippen molar-refractivity contribution in [2.24, 2.45) is 0 Å². The van der Waals surface area contributed by atoms with Gasteiger partial charge in [-0.1, -0.05) is 18.2 Å². The minimum atomic E-state index is -3.66. The van der Waals surface area contributed by atoms with E-state index in [1.54, 1.807) is 6.07 Å². The van der Waals surface area contributed by atoms with Gasteiger partial charge in [0, 0.05) is 15.7 Å². The molecule has 1 atom stereocenters. The van der Waals surface area contributed by atoms with Gasteiger partial charge in [0.1, 0.15) is 12.4 Å². The Labute approximate surface area is 131 Å². The summed E-state index contributed by atoms with van der Waals surface area (Å²) in [5.41, 5.74) is 6.95. The number of rotatable bonds is 3. The lowest BCUT2D eigenvalue weighted by Crippen LogP contribution is -2.29. The zero-order valence-corrected chi connectivity index (χ0v) is 13.3. The van der Waals surface area contributed by atoms with Crippen LogP contribution in [0.3, 0.4) is 0 Å². The molecule has 5 nitrogen and oxygen atoms in total. The second kappa shape index (κ2) is 5.32. The molecule has 0 bridgehead atoms. The van der Waals surface area contributed by atoms with Gasteiger partial charge in [-0.25, -0.2) is 13.1 Å². The van der Waals surface area contributed by atoms with E-state index in [1.165, 1.54) is 12.1 Å². The first-order valence-corrected chi connectivity index (χ1v) is 8.54. The van der Waals surface area contributed by atoms with Crippen molar-refractivity contribution in [2.75, 3.05) is 12.3 Å². The monoisotopic (exact) mass is 368 g/mol. The average Bonchev–Trinajstić information content (AvgIpc) is 2.85. The van der Waals surface area contributed by atoms with Crippen molar-refractivity contribution < 1.29 is 13.2 Å². The Morgan fingerprint density at radius 2 is 2.00 bits per heavy atom. The number of para-hydroxylation sites is 1. The van der Waals surface area contributed by atoms with E-state index in [-0.39, 0.29) is 11.5 Å². The Kier molecular flexibility index (Phi) is 3.64. The number of hydrogen-bond acceptors (Lipinski definition) is 4. The number of fused-ring (bicyclic) bond motifs is 1. The number of benzene rings is 2. The van der Waals surface area contributed by atoms with Gasteiger partial charge in [0.2, 0.25) is 10.0 Å². The molecule has 1 aliphatic heterocycles. The molecule has 21 heavy (non-hydrogen) atoms. The summed E-state index contributed by atoms with van der Waals surface area (Å²) in [5.74, 6) is 0.709. The number of hydrogen-bond donors (Lipinski definition) is 2. The normalized spacial score (nSPS) is 17.3. The molecule has 0 fully saturated rings. The van der Waals surface area contributed by atoms with Crippen LogP contribution < -0.4 is 15.2 Å². The third-order valence-corrected chi connectivity index (χ3v) is 5.47. The molecule has 0 spiro atoms. The Bertz CT molecular complexity index is 793. The van der Waals surface area contributed by atoms with E-state index < -0.39 is 16.1 Å². The summed E-state index contributed by atoms with van der Waals surface area (Å²) in [6, 6.07) is 11.5. The zero-order valence-electron chi connectivity index (χ0n) is 10.9. The first kappa shape index (κ1) is 14.4. The smallest absolute Gasteiger partial charge is 0.241 e. The molecule has 2 aromatic carbocycles. The molecule has 0 saturated heterocycles. The number of nitrogens with two attached hydrogens (primary N) is 1. The predicted molar refractivity (Wildman–Crippen MR) is 83.6 cm³/mol. The Balaban J connectivity index is 1.89. The fraction of sp³-hybridized carbons (Fsp3) is 0.143. The molecule has 7 heteroatoms. The third-order valence-electron chi connectivity index (χ3n) is 3.28. The average molecular weight is 369 g/mol. The van der Waals surface area contributed by atoms with Crippen molar-refractivity contribution in [1.82, 2.24) is 4.72 Å². The van der Waals surface area contributed by atoms with E-state index in [0.717, 1.165) is 5.56 Å². The molecule has 0 aromatic heterocycles. The van der Waals surface area contributed by atoms with Crippen molar-refractivity contribution in [1.29, 1.82) is 0 Å². The minimum absolute atomic E-state index is 0.132. The molecule has 0 amide bonds. The lowest BCUT2D eigenvalue weighted by Gasteiger charge is -2.13. The highest BCUT2D eigenvalue weighted by molar-refractivity contribution is 9.10. The number of nitrogens with one attached hydrogen (secondary N) is 1. The largest absolute Gasteiger partial charge is 0.491 e. The van der Waals surface area contributed by atoms with Crippen LogP contribution >= 0.6 is 15.9 Å². The van der Waals surface area contributed by atoms with Gasteiger partial charge >= 0.3 is 0 Å². The highest BCUT2D eigenvalue weighted by atomic mass is 79.9. The van der Waals surface area contributed by atoms with Crippen LogP contribution in [0.5, 0.6) is 5.75 Å². The molecule has 0 saturated carbocycles. The van der Waals surface area contributed by atoms with Crippen LogP contribution in [0.15, 0.2) is 51.8 Å². The van der Waals surface area contributed by atoms with Crippen molar-refractivity contribution in [2.45, 2.75) is 10.9 Å².